The largest absolute Gasteiger partial charge is 0.445 e. The van der Waals surface area contributed by atoms with Gasteiger partial charge in [0.2, 0.25) is 10.1 Å². The van der Waals surface area contributed by atoms with Crippen LogP contribution in [0.1, 0.15) is 34.0 Å². The summed E-state index contributed by atoms with van der Waals surface area (Å²) in [6, 6.07) is 0.192. The summed E-state index contributed by atoms with van der Waals surface area (Å²) in [7, 11) is 0. The minimum absolute atomic E-state index is 0.192. The monoisotopic (exact) mass is 368 g/mol. The van der Waals surface area contributed by atoms with Crippen LogP contribution >= 0.6 is 11.3 Å². The van der Waals surface area contributed by atoms with Gasteiger partial charge in [0.05, 0.1) is 11.1 Å². The van der Waals surface area contributed by atoms with Crippen molar-refractivity contribution in [3.63, 3.8) is 0 Å². The van der Waals surface area contributed by atoms with Crippen LogP contribution in [0.15, 0.2) is 18.6 Å². The number of amides is 1. The Kier molecular flexibility index (Phi) is 3.42. The van der Waals surface area contributed by atoms with E-state index in [0.717, 1.165) is 5.69 Å². The van der Waals surface area contributed by atoms with Crippen molar-refractivity contribution in [1.82, 2.24) is 24.7 Å². The Hall–Kier alpha value is -2.69. The van der Waals surface area contributed by atoms with E-state index in [4.69, 9.17) is 0 Å². The highest BCUT2D eigenvalue weighted by molar-refractivity contribution is 7.15. The summed E-state index contributed by atoms with van der Waals surface area (Å²) in [6.45, 7) is 2.04. The molecule has 0 aliphatic carbocycles. The fraction of sp³-hybridized carbons (Fsp3) is 0.286. The van der Waals surface area contributed by atoms with E-state index in [0.29, 0.717) is 23.4 Å². The molecular formula is C14H11F3N6OS. The van der Waals surface area contributed by atoms with Gasteiger partial charge in [-0.05, 0) is 6.92 Å². The fourth-order valence-corrected chi connectivity index (χ4v) is 3.48. The van der Waals surface area contributed by atoms with E-state index in [2.05, 4.69) is 25.5 Å². The van der Waals surface area contributed by atoms with Crippen molar-refractivity contribution in [2.24, 2.45) is 0 Å². The van der Waals surface area contributed by atoms with Crippen LogP contribution in [0.4, 0.5) is 18.3 Å². The number of hydrogen-bond acceptors (Lipinski definition) is 5. The van der Waals surface area contributed by atoms with Crippen molar-refractivity contribution in [1.29, 1.82) is 0 Å². The van der Waals surface area contributed by atoms with Gasteiger partial charge in [0.15, 0.2) is 0 Å². The van der Waals surface area contributed by atoms with Crippen LogP contribution in [0.5, 0.6) is 0 Å². The van der Waals surface area contributed by atoms with Crippen molar-refractivity contribution in [3.05, 3.63) is 34.9 Å². The fourth-order valence-electron chi connectivity index (χ4n) is 2.87. The maximum atomic E-state index is 12.6. The van der Waals surface area contributed by atoms with E-state index < -0.39 is 17.1 Å². The molecule has 0 saturated carbocycles. The molecule has 1 amide bonds. The van der Waals surface area contributed by atoms with Crippen LogP contribution in [0.3, 0.4) is 0 Å². The van der Waals surface area contributed by atoms with Crippen LogP contribution in [0, 0.1) is 0 Å². The number of alkyl halides is 3. The number of halogens is 3. The van der Waals surface area contributed by atoms with E-state index >= 15 is 0 Å². The third kappa shape index (κ3) is 2.60. The van der Waals surface area contributed by atoms with Crippen molar-refractivity contribution in [2.75, 3.05) is 5.32 Å². The molecule has 3 aromatic heterocycles. The quantitative estimate of drug-likeness (QED) is 0.727. The number of fused-ring (bicyclic) bond motifs is 3. The summed E-state index contributed by atoms with van der Waals surface area (Å²) in [5, 5.41) is 7.48. The second-order valence-corrected chi connectivity index (χ2v) is 6.61. The molecule has 0 aromatic carbocycles. The highest BCUT2D eigenvalue weighted by Crippen LogP contribution is 2.36. The Morgan fingerprint density at radius 1 is 1.44 bits per heavy atom. The molecule has 2 N–H and O–H groups in total. The lowest BCUT2D eigenvalue weighted by Gasteiger charge is -2.22. The van der Waals surface area contributed by atoms with Gasteiger partial charge in [-0.3, -0.25) is 10.1 Å². The Morgan fingerprint density at radius 2 is 2.24 bits per heavy atom. The molecule has 0 spiro atoms. The normalized spacial score (nSPS) is 16.4. The Labute approximate surface area is 142 Å². The van der Waals surface area contributed by atoms with E-state index in [1.807, 2.05) is 17.7 Å². The van der Waals surface area contributed by atoms with E-state index in [1.54, 1.807) is 6.20 Å². The van der Waals surface area contributed by atoms with Gasteiger partial charge in [-0.2, -0.15) is 13.2 Å². The number of nitrogens with zero attached hydrogens (tertiary/aromatic N) is 4. The number of anilines is 1. The lowest BCUT2D eigenvalue weighted by atomic mass is 10.0. The van der Waals surface area contributed by atoms with E-state index in [-0.39, 0.29) is 22.5 Å². The van der Waals surface area contributed by atoms with Crippen molar-refractivity contribution in [3.8, 4) is 11.4 Å². The zero-order valence-electron chi connectivity index (χ0n) is 12.8. The highest BCUT2D eigenvalue weighted by Gasteiger charge is 2.36. The molecule has 11 heteroatoms. The molecule has 7 nitrogen and oxygen atoms in total. The molecule has 1 aliphatic rings. The number of carbonyl (C=O) groups is 1. The first-order valence-electron chi connectivity index (χ1n) is 7.30. The van der Waals surface area contributed by atoms with Gasteiger partial charge in [0.25, 0.3) is 5.91 Å². The SMILES string of the molecule is C[C@@H]1Cc2[nH]cc(C(=O)Nc3nnc(C(F)(F)F)s3)c2-c2nccn21. The minimum Gasteiger partial charge on any atom is -0.364 e. The molecule has 0 radical (unpaired) electrons. The number of nitrogens with one attached hydrogen (secondary N) is 2. The highest BCUT2D eigenvalue weighted by atomic mass is 32.1. The summed E-state index contributed by atoms with van der Waals surface area (Å²) in [6.07, 6.45) is 1.12. The van der Waals surface area contributed by atoms with Gasteiger partial charge in [0.1, 0.15) is 5.82 Å². The summed E-state index contributed by atoms with van der Waals surface area (Å²) >= 11 is 0.280. The number of imidazole rings is 1. The van der Waals surface area contributed by atoms with E-state index in [9.17, 15) is 18.0 Å². The molecule has 4 heterocycles. The first-order chi connectivity index (χ1) is 11.8. The van der Waals surface area contributed by atoms with Crippen molar-refractivity contribution in [2.45, 2.75) is 25.6 Å². The minimum atomic E-state index is -4.59. The Bertz CT molecular complexity index is 956. The number of aromatic nitrogens is 5. The first-order valence-corrected chi connectivity index (χ1v) is 8.11. The topological polar surface area (TPSA) is 88.5 Å². The number of hydrogen-bond donors (Lipinski definition) is 2. The second-order valence-electron chi connectivity index (χ2n) is 5.63. The van der Waals surface area contributed by atoms with Gasteiger partial charge >= 0.3 is 6.18 Å². The third-order valence-electron chi connectivity index (χ3n) is 3.96. The standard InChI is InChI=1S/C14H11F3N6OS/c1-6-4-8-9(10-18-2-3-23(6)10)7(5-19-8)11(24)20-13-22-21-12(25-13)14(15,16)17/h2-3,5-6,19H,4H2,1H3,(H,20,22,24)/t6-/m1/s1. The second kappa shape index (κ2) is 5.41. The Morgan fingerprint density at radius 3 is 2.96 bits per heavy atom. The molecule has 0 fully saturated rings. The number of carbonyl (C=O) groups excluding carboxylic acids is 1. The Balaban J connectivity index is 1.64. The zero-order chi connectivity index (χ0) is 17.8. The van der Waals surface area contributed by atoms with Gasteiger partial charge < -0.3 is 9.55 Å². The van der Waals surface area contributed by atoms with Crippen LogP contribution in [-0.2, 0) is 12.6 Å². The molecule has 4 rings (SSSR count). The lowest BCUT2D eigenvalue weighted by Crippen LogP contribution is -2.18. The molecule has 3 aromatic rings. The van der Waals surface area contributed by atoms with E-state index in [1.165, 1.54) is 6.20 Å². The number of aromatic amines is 1. The predicted octanol–water partition coefficient (Wildman–Crippen LogP) is 3.12. The maximum absolute atomic E-state index is 12.6. The molecule has 25 heavy (non-hydrogen) atoms. The van der Waals surface area contributed by atoms with Gasteiger partial charge in [-0.15, -0.1) is 10.2 Å². The maximum Gasteiger partial charge on any atom is 0.445 e. The lowest BCUT2D eigenvalue weighted by molar-refractivity contribution is -0.138. The summed E-state index contributed by atoms with van der Waals surface area (Å²) in [5.74, 6) is 0.0832. The van der Waals surface area contributed by atoms with Crippen LogP contribution in [0.2, 0.25) is 0 Å². The van der Waals surface area contributed by atoms with Crippen LogP contribution in [0.25, 0.3) is 11.4 Å². The molecule has 0 saturated heterocycles. The number of H-pyrrole nitrogens is 1. The number of rotatable bonds is 2. The van der Waals surface area contributed by atoms with Gasteiger partial charge in [-0.25, -0.2) is 4.98 Å². The molecular weight excluding hydrogens is 357 g/mol. The molecule has 130 valence electrons. The average Bonchev–Trinajstić information content (AvgIpc) is 3.24. The van der Waals surface area contributed by atoms with Gasteiger partial charge in [-0.1, -0.05) is 11.3 Å². The molecule has 1 atom stereocenters. The average molecular weight is 368 g/mol. The molecule has 1 aliphatic heterocycles. The first kappa shape index (κ1) is 15.8. The van der Waals surface area contributed by atoms with Crippen molar-refractivity contribution < 1.29 is 18.0 Å². The summed E-state index contributed by atoms with van der Waals surface area (Å²) in [4.78, 5) is 19.9. The summed E-state index contributed by atoms with van der Waals surface area (Å²) < 4.78 is 39.7. The molecule has 0 unspecified atom stereocenters. The van der Waals surface area contributed by atoms with Gasteiger partial charge in [0, 0.05) is 36.7 Å². The third-order valence-corrected chi connectivity index (χ3v) is 4.84. The van der Waals surface area contributed by atoms with Crippen LogP contribution in [-0.4, -0.2) is 30.6 Å². The zero-order valence-corrected chi connectivity index (χ0v) is 13.6. The summed E-state index contributed by atoms with van der Waals surface area (Å²) in [5.41, 5.74) is 1.82. The smallest absolute Gasteiger partial charge is 0.364 e. The molecule has 0 bridgehead atoms. The van der Waals surface area contributed by atoms with Crippen LogP contribution < -0.4 is 5.32 Å². The van der Waals surface area contributed by atoms with Crippen molar-refractivity contribution >= 4 is 22.4 Å². The predicted molar refractivity (Wildman–Crippen MR) is 83.3 cm³/mol.